The number of ether oxygens (including phenoxy) is 3. The first-order chi connectivity index (χ1) is 7.26. The van der Waals surface area contributed by atoms with Gasteiger partial charge in [0.25, 0.3) is 0 Å². The lowest BCUT2D eigenvalue weighted by Gasteiger charge is -2.14. The molecule has 82 valence electrons. The zero-order chi connectivity index (χ0) is 10.8. The van der Waals surface area contributed by atoms with Crippen molar-refractivity contribution in [2.75, 3.05) is 20.4 Å². The third-order valence-electron chi connectivity index (χ3n) is 2.61. The second kappa shape index (κ2) is 3.98. The summed E-state index contributed by atoms with van der Waals surface area (Å²) in [6, 6.07) is 3.79. The molecule has 0 saturated carbocycles. The molecule has 15 heavy (non-hydrogen) atoms. The summed E-state index contributed by atoms with van der Waals surface area (Å²) in [5, 5.41) is 0. The number of rotatable bonds is 3. The molecule has 0 aromatic heterocycles. The van der Waals surface area contributed by atoms with Crippen LogP contribution in [0.2, 0.25) is 0 Å². The average Bonchev–Trinajstić information content (AvgIpc) is 2.73. The summed E-state index contributed by atoms with van der Waals surface area (Å²) in [5.74, 6) is 2.55. The van der Waals surface area contributed by atoms with E-state index in [9.17, 15) is 0 Å². The Morgan fingerprint density at radius 2 is 2.07 bits per heavy atom. The van der Waals surface area contributed by atoms with Gasteiger partial charge in [0.1, 0.15) is 5.75 Å². The van der Waals surface area contributed by atoms with E-state index in [4.69, 9.17) is 19.9 Å². The average molecular weight is 209 g/mol. The lowest BCUT2D eigenvalue weighted by Crippen LogP contribution is -2.10. The van der Waals surface area contributed by atoms with Crippen molar-refractivity contribution >= 4 is 0 Å². The molecular formula is C11H15NO3. The number of benzene rings is 1. The Hall–Kier alpha value is -1.42. The van der Waals surface area contributed by atoms with Crippen molar-refractivity contribution in [1.29, 1.82) is 0 Å². The molecular weight excluding hydrogens is 194 g/mol. The van der Waals surface area contributed by atoms with Crippen LogP contribution in [0.5, 0.6) is 17.2 Å². The molecule has 0 fully saturated rings. The first-order valence-corrected chi connectivity index (χ1v) is 4.94. The maximum atomic E-state index is 5.65. The van der Waals surface area contributed by atoms with Crippen molar-refractivity contribution in [2.45, 2.75) is 12.8 Å². The predicted molar refractivity (Wildman–Crippen MR) is 56.6 cm³/mol. The van der Waals surface area contributed by atoms with Crippen molar-refractivity contribution in [3.05, 3.63) is 17.7 Å². The highest BCUT2D eigenvalue weighted by Crippen LogP contribution is 2.40. The summed E-state index contributed by atoms with van der Waals surface area (Å²) in [6.45, 7) is 2.91. The summed E-state index contributed by atoms with van der Waals surface area (Å²) in [7, 11) is 1.64. The van der Waals surface area contributed by atoms with E-state index < -0.39 is 0 Å². The minimum atomic E-state index is 0.245. The Balaban J connectivity index is 2.44. The van der Waals surface area contributed by atoms with E-state index in [1.165, 1.54) is 0 Å². The van der Waals surface area contributed by atoms with Gasteiger partial charge in [-0.1, -0.05) is 6.92 Å². The van der Waals surface area contributed by atoms with Crippen LogP contribution < -0.4 is 19.9 Å². The molecule has 4 heteroatoms. The fourth-order valence-electron chi connectivity index (χ4n) is 1.63. The molecule has 0 saturated heterocycles. The summed E-state index contributed by atoms with van der Waals surface area (Å²) in [5.41, 5.74) is 6.70. The largest absolute Gasteiger partial charge is 0.496 e. The van der Waals surface area contributed by atoms with E-state index in [0.29, 0.717) is 6.54 Å². The monoisotopic (exact) mass is 209 g/mol. The maximum Gasteiger partial charge on any atom is 0.231 e. The highest BCUT2D eigenvalue weighted by molar-refractivity contribution is 5.52. The molecule has 1 aromatic rings. The van der Waals surface area contributed by atoms with Crippen LogP contribution in [-0.2, 0) is 0 Å². The molecule has 4 nitrogen and oxygen atoms in total. The van der Waals surface area contributed by atoms with Gasteiger partial charge < -0.3 is 19.9 Å². The zero-order valence-corrected chi connectivity index (χ0v) is 8.95. The maximum absolute atomic E-state index is 5.65. The summed E-state index contributed by atoms with van der Waals surface area (Å²) in [4.78, 5) is 0. The van der Waals surface area contributed by atoms with Crippen LogP contribution in [0, 0.1) is 0 Å². The van der Waals surface area contributed by atoms with Crippen LogP contribution in [-0.4, -0.2) is 20.4 Å². The number of nitrogens with two attached hydrogens (primary N) is 1. The highest BCUT2D eigenvalue weighted by Gasteiger charge is 2.19. The Bertz CT molecular complexity index is 365. The Morgan fingerprint density at radius 1 is 1.40 bits per heavy atom. The molecule has 2 N–H and O–H groups in total. The van der Waals surface area contributed by atoms with Crippen molar-refractivity contribution in [1.82, 2.24) is 0 Å². The Morgan fingerprint density at radius 3 is 2.67 bits per heavy atom. The van der Waals surface area contributed by atoms with E-state index in [1.54, 1.807) is 7.11 Å². The van der Waals surface area contributed by atoms with E-state index in [0.717, 1.165) is 22.8 Å². The van der Waals surface area contributed by atoms with E-state index in [2.05, 4.69) is 6.92 Å². The van der Waals surface area contributed by atoms with Crippen LogP contribution in [0.4, 0.5) is 0 Å². The lowest BCUT2D eigenvalue weighted by atomic mass is 9.99. The third kappa shape index (κ3) is 1.72. The SMILES string of the molecule is COc1cc2c(cc1C(C)CN)OCO2. The van der Waals surface area contributed by atoms with Crippen molar-refractivity contribution in [3.63, 3.8) is 0 Å². The summed E-state index contributed by atoms with van der Waals surface area (Å²) in [6.07, 6.45) is 0. The fraction of sp³-hybridized carbons (Fsp3) is 0.455. The molecule has 1 unspecified atom stereocenters. The van der Waals surface area contributed by atoms with Crippen LogP contribution in [0.1, 0.15) is 18.4 Å². The first-order valence-electron chi connectivity index (χ1n) is 4.94. The second-order valence-corrected chi connectivity index (χ2v) is 3.58. The molecule has 1 heterocycles. The van der Waals surface area contributed by atoms with Crippen LogP contribution >= 0.6 is 0 Å². The van der Waals surface area contributed by atoms with Gasteiger partial charge in [-0.15, -0.1) is 0 Å². The molecule has 1 aromatic carbocycles. The lowest BCUT2D eigenvalue weighted by molar-refractivity contribution is 0.174. The molecule has 0 aliphatic carbocycles. The van der Waals surface area contributed by atoms with Crippen molar-refractivity contribution < 1.29 is 14.2 Å². The van der Waals surface area contributed by atoms with Gasteiger partial charge in [0.15, 0.2) is 11.5 Å². The van der Waals surface area contributed by atoms with Gasteiger partial charge in [0, 0.05) is 11.6 Å². The smallest absolute Gasteiger partial charge is 0.231 e. The molecule has 1 aliphatic rings. The van der Waals surface area contributed by atoms with E-state index in [1.807, 2.05) is 12.1 Å². The Labute approximate surface area is 88.9 Å². The minimum absolute atomic E-state index is 0.245. The van der Waals surface area contributed by atoms with Gasteiger partial charge in [0.05, 0.1) is 7.11 Å². The molecule has 0 amide bonds. The van der Waals surface area contributed by atoms with Gasteiger partial charge in [-0.2, -0.15) is 0 Å². The minimum Gasteiger partial charge on any atom is -0.496 e. The number of hydrogen-bond acceptors (Lipinski definition) is 4. The topological polar surface area (TPSA) is 53.7 Å². The molecule has 2 rings (SSSR count). The number of fused-ring (bicyclic) bond motifs is 1. The fourth-order valence-corrected chi connectivity index (χ4v) is 1.63. The van der Waals surface area contributed by atoms with Gasteiger partial charge >= 0.3 is 0 Å². The molecule has 1 atom stereocenters. The number of hydrogen-bond donors (Lipinski definition) is 1. The second-order valence-electron chi connectivity index (χ2n) is 3.58. The van der Waals surface area contributed by atoms with E-state index >= 15 is 0 Å². The highest BCUT2D eigenvalue weighted by atomic mass is 16.7. The van der Waals surface area contributed by atoms with Crippen LogP contribution in [0.25, 0.3) is 0 Å². The predicted octanol–water partition coefficient (Wildman–Crippen LogP) is 1.49. The van der Waals surface area contributed by atoms with Gasteiger partial charge in [-0.05, 0) is 18.5 Å². The molecule has 0 radical (unpaired) electrons. The van der Waals surface area contributed by atoms with Crippen molar-refractivity contribution in [3.8, 4) is 17.2 Å². The van der Waals surface area contributed by atoms with E-state index in [-0.39, 0.29) is 12.7 Å². The zero-order valence-electron chi connectivity index (χ0n) is 8.95. The third-order valence-corrected chi connectivity index (χ3v) is 2.61. The molecule has 0 spiro atoms. The van der Waals surface area contributed by atoms with Crippen LogP contribution in [0.15, 0.2) is 12.1 Å². The quantitative estimate of drug-likeness (QED) is 0.819. The number of methoxy groups -OCH3 is 1. The molecule has 0 bridgehead atoms. The normalized spacial score (nSPS) is 15.1. The van der Waals surface area contributed by atoms with Gasteiger partial charge in [-0.25, -0.2) is 0 Å². The van der Waals surface area contributed by atoms with Gasteiger partial charge in [0.2, 0.25) is 6.79 Å². The summed E-state index contributed by atoms with van der Waals surface area (Å²) >= 11 is 0. The first kappa shape index (κ1) is 10.1. The Kier molecular flexibility index (Phi) is 2.68. The van der Waals surface area contributed by atoms with Gasteiger partial charge in [-0.3, -0.25) is 0 Å². The van der Waals surface area contributed by atoms with Crippen molar-refractivity contribution in [2.24, 2.45) is 5.73 Å². The van der Waals surface area contributed by atoms with Crippen LogP contribution in [0.3, 0.4) is 0 Å². The standard InChI is InChI=1S/C11H15NO3/c1-7(5-12)8-3-10-11(15-6-14-10)4-9(8)13-2/h3-4,7H,5-6,12H2,1-2H3. The summed E-state index contributed by atoms with van der Waals surface area (Å²) < 4.78 is 15.9. The molecule has 1 aliphatic heterocycles.